The van der Waals surface area contributed by atoms with Crippen molar-refractivity contribution in [2.24, 2.45) is 0 Å². The Hall–Kier alpha value is -2.01. The highest BCUT2D eigenvalue weighted by atomic mass is 35.5. The summed E-state index contributed by atoms with van der Waals surface area (Å²) < 4.78 is 50.6. The maximum atomic E-state index is 12.6. The zero-order valence-corrected chi connectivity index (χ0v) is 12.5. The van der Waals surface area contributed by atoms with E-state index in [4.69, 9.17) is 11.6 Å². The molecule has 0 bridgehead atoms. The minimum atomic E-state index is -3.78. The van der Waals surface area contributed by atoms with Crippen LogP contribution >= 0.6 is 11.6 Å². The summed E-state index contributed by atoms with van der Waals surface area (Å²) in [5.41, 5.74) is -0.780. The number of sulfonamides is 1. The quantitative estimate of drug-likeness (QED) is 0.654. The van der Waals surface area contributed by atoms with E-state index in [1.165, 1.54) is 6.07 Å². The van der Waals surface area contributed by atoms with Crippen LogP contribution in [-0.2, 0) is 16.6 Å². The van der Waals surface area contributed by atoms with Gasteiger partial charge in [0.2, 0.25) is 10.0 Å². The highest BCUT2D eigenvalue weighted by molar-refractivity contribution is 7.92. The lowest BCUT2D eigenvalue weighted by atomic mass is 10.2. The van der Waals surface area contributed by atoms with E-state index in [9.17, 15) is 27.3 Å². The Labute approximate surface area is 127 Å². The van der Waals surface area contributed by atoms with Crippen LogP contribution in [0.1, 0.15) is 0 Å². The zero-order valence-electron chi connectivity index (χ0n) is 11.0. The van der Waals surface area contributed by atoms with Crippen LogP contribution < -0.4 is 4.72 Å². The first-order valence-electron chi connectivity index (χ1n) is 5.69. The average molecular weight is 355 g/mol. The molecule has 12 heteroatoms. The largest absolute Gasteiger partial charge is 0.295 e. The fourth-order valence-electron chi connectivity index (χ4n) is 1.92. The first kappa shape index (κ1) is 16.4. The number of anilines is 1. The number of nitrogens with zero attached hydrogens (tertiary/aromatic N) is 3. The van der Waals surface area contributed by atoms with E-state index in [0.29, 0.717) is 4.68 Å². The number of rotatable bonds is 5. The highest BCUT2D eigenvalue weighted by Crippen LogP contribution is 2.36. The van der Waals surface area contributed by atoms with Gasteiger partial charge >= 0.3 is 0 Å². The standard InChI is InChI=1S/C10H9ClF2N4O4S/c1-22(20,21)15-10-8-5(11)2-3-6(17(18)19)9(8)16(14-10)4-7(12)13/h2-3,7H,4H2,1H3,(H,14,15). The van der Waals surface area contributed by atoms with Crippen molar-refractivity contribution in [3.8, 4) is 0 Å². The molecule has 0 unspecified atom stereocenters. The van der Waals surface area contributed by atoms with Crippen LogP contribution in [0, 0.1) is 10.1 Å². The van der Waals surface area contributed by atoms with Gasteiger partial charge in [0.1, 0.15) is 12.1 Å². The molecular weight excluding hydrogens is 346 g/mol. The maximum absolute atomic E-state index is 12.6. The number of nitro groups is 1. The second-order valence-electron chi connectivity index (χ2n) is 4.34. The van der Waals surface area contributed by atoms with Crippen molar-refractivity contribution >= 4 is 44.0 Å². The monoisotopic (exact) mass is 354 g/mol. The molecule has 22 heavy (non-hydrogen) atoms. The number of benzene rings is 1. The molecule has 2 rings (SSSR count). The number of alkyl halides is 2. The van der Waals surface area contributed by atoms with Gasteiger partial charge in [-0.3, -0.25) is 14.8 Å². The lowest BCUT2D eigenvalue weighted by molar-refractivity contribution is -0.383. The predicted octanol–water partition coefficient (Wildman–Crippen LogP) is 2.23. The molecule has 0 aliphatic rings. The van der Waals surface area contributed by atoms with E-state index in [1.807, 2.05) is 4.72 Å². The third-order valence-electron chi connectivity index (χ3n) is 2.61. The average Bonchev–Trinajstić information content (AvgIpc) is 2.65. The molecule has 0 fully saturated rings. The molecule has 2 aromatic rings. The number of fused-ring (bicyclic) bond motifs is 1. The Bertz CT molecular complexity index is 852. The number of hydrogen-bond acceptors (Lipinski definition) is 5. The third-order valence-corrected chi connectivity index (χ3v) is 3.49. The number of aromatic nitrogens is 2. The van der Waals surface area contributed by atoms with Gasteiger partial charge in [0.25, 0.3) is 12.1 Å². The van der Waals surface area contributed by atoms with Crippen molar-refractivity contribution in [3.63, 3.8) is 0 Å². The summed E-state index contributed by atoms with van der Waals surface area (Å²) in [6.07, 6.45) is -2.01. The third kappa shape index (κ3) is 3.25. The van der Waals surface area contributed by atoms with Gasteiger partial charge < -0.3 is 0 Å². The van der Waals surface area contributed by atoms with Crippen LogP contribution in [0.25, 0.3) is 10.9 Å². The van der Waals surface area contributed by atoms with Gasteiger partial charge in [0.15, 0.2) is 5.82 Å². The van der Waals surface area contributed by atoms with E-state index >= 15 is 0 Å². The predicted molar refractivity (Wildman–Crippen MR) is 75.9 cm³/mol. The van der Waals surface area contributed by atoms with E-state index in [0.717, 1.165) is 12.3 Å². The molecule has 1 aromatic carbocycles. The molecule has 8 nitrogen and oxygen atoms in total. The van der Waals surface area contributed by atoms with Crippen LogP contribution in [0.2, 0.25) is 5.02 Å². The van der Waals surface area contributed by atoms with Gasteiger partial charge in [-0.25, -0.2) is 21.9 Å². The summed E-state index contributed by atoms with van der Waals surface area (Å²) in [5, 5.41) is 14.6. The van der Waals surface area contributed by atoms with Crippen LogP contribution in [0.4, 0.5) is 20.3 Å². The number of non-ortho nitro benzene ring substituents is 1. The van der Waals surface area contributed by atoms with Crippen LogP contribution in [0.5, 0.6) is 0 Å². The molecule has 0 spiro atoms. The molecule has 1 N–H and O–H groups in total. The first-order valence-corrected chi connectivity index (χ1v) is 7.96. The Morgan fingerprint density at radius 2 is 2.14 bits per heavy atom. The van der Waals surface area contributed by atoms with Crippen molar-refractivity contribution < 1.29 is 22.1 Å². The highest BCUT2D eigenvalue weighted by Gasteiger charge is 2.25. The van der Waals surface area contributed by atoms with Crippen LogP contribution in [0.3, 0.4) is 0 Å². The second kappa shape index (κ2) is 5.65. The van der Waals surface area contributed by atoms with Crippen molar-refractivity contribution in [3.05, 3.63) is 27.3 Å². The van der Waals surface area contributed by atoms with E-state index in [1.54, 1.807) is 0 Å². The van der Waals surface area contributed by atoms with Crippen LogP contribution in [-0.4, -0.2) is 35.8 Å². The van der Waals surface area contributed by atoms with Crippen LogP contribution in [0.15, 0.2) is 12.1 Å². The van der Waals surface area contributed by atoms with Gasteiger partial charge in [-0.1, -0.05) is 11.6 Å². The van der Waals surface area contributed by atoms with Crippen molar-refractivity contribution in [2.45, 2.75) is 13.0 Å². The number of halogens is 3. The van der Waals surface area contributed by atoms with E-state index in [-0.39, 0.29) is 21.7 Å². The van der Waals surface area contributed by atoms with Crippen molar-refractivity contribution in [1.29, 1.82) is 0 Å². The molecule has 0 saturated carbocycles. The SMILES string of the molecule is CS(=O)(=O)Nc1nn(CC(F)F)c2c([N+](=O)[O-])ccc(Cl)c12. The molecule has 0 aliphatic carbocycles. The lowest BCUT2D eigenvalue weighted by Gasteiger charge is -2.03. The maximum Gasteiger partial charge on any atom is 0.295 e. The molecule has 0 amide bonds. The number of nitro benzene ring substituents is 1. The Morgan fingerprint density at radius 3 is 2.64 bits per heavy atom. The summed E-state index contributed by atoms with van der Waals surface area (Å²) >= 11 is 5.92. The second-order valence-corrected chi connectivity index (χ2v) is 6.50. The Morgan fingerprint density at radius 1 is 1.50 bits per heavy atom. The smallest absolute Gasteiger partial charge is 0.266 e. The fraction of sp³-hybridized carbons (Fsp3) is 0.300. The molecule has 120 valence electrons. The molecule has 1 aromatic heterocycles. The minimum absolute atomic E-state index is 0.0488. The molecule has 0 aliphatic heterocycles. The molecule has 1 heterocycles. The van der Waals surface area contributed by atoms with Gasteiger partial charge in [0, 0.05) is 6.07 Å². The molecular formula is C10H9ClF2N4O4S. The van der Waals surface area contributed by atoms with E-state index in [2.05, 4.69) is 5.10 Å². The topological polar surface area (TPSA) is 107 Å². The Kier molecular flexibility index (Phi) is 4.20. The molecule has 0 atom stereocenters. The summed E-state index contributed by atoms with van der Waals surface area (Å²) in [6, 6.07) is 2.21. The number of hydrogen-bond donors (Lipinski definition) is 1. The van der Waals surface area contributed by atoms with Gasteiger partial charge in [-0.15, -0.1) is 0 Å². The summed E-state index contributed by atoms with van der Waals surface area (Å²) in [5.74, 6) is -0.341. The van der Waals surface area contributed by atoms with Gasteiger partial charge in [0.05, 0.1) is 21.6 Å². The first-order chi connectivity index (χ1) is 10.1. The fourth-order valence-corrected chi connectivity index (χ4v) is 2.66. The summed E-state index contributed by atoms with van der Waals surface area (Å²) in [7, 11) is -3.78. The van der Waals surface area contributed by atoms with E-state index < -0.39 is 33.6 Å². The number of nitrogens with one attached hydrogen (secondary N) is 1. The summed E-state index contributed by atoms with van der Waals surface area (Å²) in [6.45, 7) is -0.941. The van der Waals surface area contributed by atoms with Gasteiger partial charge in [-0.05, 0) is 6.07 Å². The Balaban J connectivity index is 2.82. The zero-order chi connectivity index (χ0) is 16.7. The molecule has 0 saturated heterocycles. The van der Waals surface area contributed by atoms with Crippen molar-refractivity contribution in [1.82, 2.24) is 9.78 Å². The summed E-state index contributed by atoms with van der Waals surface area (Å²) in [4.78, 5) is 10.3. The van der Waals surface area contributed by atoms with Crippen molar-refractivity contribution in [2.75, 3.05) is 11.0 Å². The van der Waals surface area contributed by atoms with Gasteiger partial charge in [-0.2, -0.15) is 5.10 Å². The molecule has 0 radical (unpaired) electrons. The lowest BCUT2D eigenvalue weighted by Crippen LogP contribution is -2.12. The normalized spacial score (nSPS) is 12.0. The minimum Gasteiger partial charge on any atom is -0.266 e.